The Bertz CT molecular complexity index is 1650. The molecule has 42 heavy (non-hydrogen) atoms. The quantitative estimate of drug-likeness (QED) is 0.182. The van der Waals surface area contributed by atoms with Gasteiger partial charge in [-0.2, -0.15) is 0 Å². The molecule has 3 aromatic rings. The highest BCUT2D eigenvalue weighted by atomic mass is 16.7. The molecule has 3 rings (SSSR count). The highest BCUT2D eigenvalue weighted by molar-refractivity contribution is 5.89. The van der Waals surface area contributed by atoms with Crippen LogP contribution >= 0.6 is 0 Å². The third-order valence-electron chi connectivity index (χ3n) is 5.55. The monoisotopic (exact) mass is 584 g/mol. The van der Waals surface area contributed by atoms with Gasteiger partial charge in [0.05, 0.1) is 41.7 Å². The zero-order valence-corrected chi connectivity index (χ0v) is 20.3. The Morgan fingerprint density at radius 1 is 0.476 bits per heavy atom. The molecule has 0 bridgehead atoms. The Kier molecular flexibility index (Phi) is 8.12. The van der Waals surface area contributed by atoms with Gasteiger partial charge in [-0.1, -0.05) is 36.4 Å². The standard InChI is InChI=1S/C22H12N6O14/c29-21-17(25(35)36)9-15(23(31)32)13(19(21)27(39)40)7-5-11-3-1-2-4-12(11)6-8-14-16(24(33)34)10-18(26(37)38)22(30)20(14)28(41)42/h1-10,29-30H. The summed E-state index contributed by atoms with van der Waals surface area (Å²) in [6, 6.07) is 6.19. The lowest BCUT2D eigenvalue weighted by Crippen LogP contribution is -2.01. The summed E-state index contributed by atoms with van der Waals surface area (Å²) in [7, 11) is 0. The van der Waals surface area contributed by atoms with E-state index in [1.807, 2.05) is 0 Å². The van der Waals surface area contributed by atoms with Gasteiger partial charge >= 0.3 is 22.7 Å². The molecule has 0 radical (unpaired) electrons. The van der Waals surface area contributed by atoms with Gasteiger partial charge in [-0.15, -0.1) is 0 Å². The maximum Gasteiger partial charge on any atom is 0.332 e. The molecule has 0 aliphatic carbocycles. The van der Waals surface area contributed by atoms with Crippen molar-refractivity contribution in [2.45, 2.75) is 0 Å². The van der Waals surface area contributed by atoms with Crippen LogP contribution in [0.1, 0.15) is 22.3 Å². The average Bonchev–Trinajstić information content (AvgIpc) is 2.89. The smallest absolute Gasteiger partial charge is 0.332 e. The molecule has 3 aromatic carbocycles. The second kappa shape index (κ2) is 11.5. The molecular formula is C22H12N6O14. The summed E-state index contributed by atoms with van der Waals surface area (Å²) in [5.41, 5.74) is -8.91. The van der Waals surface area contributed by atoms with E-state index in [0.717, 1.165) is 24.3 Å². The number of nitro benzene ring substituents is 6. The van der Waals surface area contributed by atoms with E-state index in [-0.39, 0.29) is 11.1 Å². The van der Waals surface area contributed by atoms with E-state index >= 15 is 0 Å². The summed E-state index contributed by atoms with van der Waals surface area (Å²) in [4.78, 5) is 61.2. The first kappa shape index (κ1) is 29.7. The van der Waals surface area contributed by atoms with Crippen LogP contribution in [0.4, 0.5) is 34.1 Å². The van der Waals surface area contributed by atoms with Crippen molar-refractivity contribution in [2.24, 2.45) is 0 Å². The van der Waals surface area contributed by atoms with Crippen molar-refractivity contribution in [2.75, 3.05) is 0 Å². The number of hydrogen-bond acceptors (Lipinski definition) is 14. The van der Waals surface area contributed by atoms with Gasteiger partial charge in [-0.05, 0) is 23.3 Å². The van der Waals surface area contributed by atoms with Crippen LogP contribution in [0.15, 0.2) is 36.4 Å². The summed E-state index contributed by atoms with van der Waals surface area (Å²) in [5, 5.41) is 88.7. The van der Waals surface area contributed by atoms with E-state index in [4.69, 9.17) is 0 Å². The first-order chi connectivity index (χ1) is 19.7. The van der Waals surface area contributed by atoms with Crippen LogP contribution in [0, 0.1) is 60.7 Å². The summed E-state index contributed by atoms with van der Waals surface area (Å²) in [6.45, 7) is 0. The molecule has 0 saturated heterocycles. The first-order valence-electron chi connectivity index (χ1n) is 10.8. The predicted octanol–water partition coefficient (Wildman–Crippen LogP) is 4.89. The molecule has 214 valence electrons. The number of nitrogens with zero attached hydrogens (tertiary/aromatic N) is 6. The molecule has 0 spiro atoms. The Morgan fingerprint density at radius 3 is 1.05 bits per heavy atom. The highest BCUT2D eigenvalue weighted by Gasteiger charge is 2.37. The van der Waals surface area contributed by atoms with Crippen LogP contribution < -0.4 is 0 Å². The van der Waals surface area contributed by atoms with Gasteiger partial charge in [-0.3, -0.25) is 60.7 Å². The maximum absolute atomic E-state index is 11.6. The van der Waals surface area contributed by atoms with Crippen LogP contribution in [0.5, 0.6) is 11.5 Å². The number of hydrogen-bond donors (Lipinski definition) is 2. The molecule has 0 amide bonds. The van der Waals surface area contributed by atoms with Crippen molar-refractivity contribution >= 4 is 58.4 Å². The highest BCUT2D eigenvalue weighted by Crippen LogP contribution is 2.45. The Labute approximate surface area is 229 Å². The van der Waals surface area contributed by atoms with Crippen LogP contribution in [-0.2, 0) is 0 Å². The van der Waals surface area contributed by atoms with Crippen molar-refractivity contribution < 1.29 is 39.8 Å². The molecule has 0 fully saturated rings. The zero-order valence-electron chi connectivity index (χ0n) is 20.3. The molecule has 20 heteroatoms. The Morgan fingerprint density at radius 2 is 0.786 bits per heavy atom. The Hall–Kier alpha value is -6.86. The minimum absolute atomic E-state index is 0.0895. The molecule has 0 atom stereocenters. The van der Waals surface area contributed by atoms with E-state index in [1.165, 1.54) is 24.3 Å². The number of phenols is 2. The fourth-order valence-electron chi connectivity index (χ4n) is 3.73. The fourth-order valence-corrected chi connectivity index (χ4v) is 3.73. The van der Waals surface area contributed by atoms with Gasteiger partial charge in [0, 0.05) is 0 Å². The van der Waals surface area contributed by atoms with E-state index in [9.17, 15) is 70.9 Å². The number of phenolic OH excluding ortho intramolecular Hbond substituents is 2. The second-order valence-corrected chi connectivity index (χ2v) is 7.89. The molecule has 0 unspecified atom stereocenters. The van der Waals surface area contributed by atoms with E-state index < -0.39 is 86.3 Å². The number of benzene rings is 3. The molecular weight excluding hydrogens is 572 g/mol. The topological polar surface area (TPSA) is 299 Å². The second-order valence-electron chi connectivity index (χ2n) is 7.89. The summed E-state index contributed by atoms with van der Waals surface area (Å²) < 4.78 is 0. The lowest BCUT2D eigenvalue weighted by Gasteiger charge is -2.05. The average molecular weight is 584 g/mol. The van der Waals surface area contributed by atoms with Crippen LogP contribution in [-0.4, -0.2) is 39.8 Å². The van der Waals surface area contributed by atoms with Gasteiger partial charge in [0.2, 0.25) is 0 Å². The van der Waals surface area contributed by atoms with Crippen molar-refractivity contribution in [3.05, 3.63) is 119 Å². The minimum atomic E-state index is -1.44. The van der Waals surface area contributed by atoms with Crippen molar-refractivity contribution in [1.29, 1.82) is 0 Å². The fraction of sp³-hybridized carbons (Fsp3) is 0. The summed E-state index contributed by atoms with van der Waals surface area (Å²) >= 11 is 0. The number of nitro groups is 6. The van der Waals surface area contributed by atoms with Crippen LogP contribution in [0.25, 0.3) is 24.3 Å². The Balaban J connectivity index is 2.24. The summed E-state index contributed by atoms with van der Waals surface area (Å²) in [5.74, 6) is -2.89. The SMILES string of the molecule is O=[N+]([O-])c1cc([N+](=O)[O-])c(C=Cc2ccccc2C=Cc2c([N+](=O)[O-])cc([N+](=O)[O-])c(O)c2[N+](=O)[O-])c([N+](=O)[O-])c1O. The van der Waals surface area contributed by atoms with Crippen molar-refractivity contribution in [3.63, 3.8) is 0 Å². The van der Waals surface area contributed by atoms with Gasteiger partial charge in [0.15, 0.2) is 0 Å². The van der Waals surface area contributed by atoms with E-state index in [0.29, 0.717) is 12.1 Å². The first-order valence-corrected chi connectivity index (χ1v) is 10.8. The molecule has 0 saturated carbocycles. The van der Waals surface area contributed by atoms with Crippen molar-refractivity contribution in [3.8, 4) is 11.5 Å². The molecule has 2 N–H and O–H groups in total. The number of aromatic hydroxyl groups is 2. The third-order valence-corrected chi connectivity index (χ3v) is 5.55. The number of rotatable bonds is 10. The third kappa shape index (κ3) is 5.61. The zero-order chi connectivity index (χ0) is 31.5. The molecule has 20 nitrogen and oxygen atoms in total. The van der Waals surface area contributed by atoms with Gasteiger partial charge in [0.1, 0.15) is 11.1 Å². The van der Waals surface area contributed by atoms with Crippen molar-refractivity contribution in [1.82, 2.24) is 0 Å². The largest absolute Gasteiger partial charge is 0.497 e. The van der Waals surface area contributed by atoms with E-state index in [2.05, 4.69) is 0 Å². The lowest BCUT2D eigenvalue weighted by atomic mass is 10.0. The molecule has 0 aromatic heterocycles. The molecule has 0 aliphatic rings. The summed E-state index contributed by atoms with van der Waals surface area (Å²) in [6.07, 6.45) is 3.71. The maximum atomic E-state index is 11.6. The predicted molar refractivity (Wildman–Crippen MR) is 140 cm³/mol. The van der Waals surface area contributed by atoms with Gasteiger partial charge < -0.3 is 10.2 Å². The van der Waals surface area contributed by atoms with E-state index in [1.54, 1.807) is 0 Å². The molecule has 0 aliphatic heterocycles. The minimum Gasteiger partial charge on any atom is -0.497 e. The van der Waals surface area contributed by atoms with Gasteiger partial charge in [0.25, 0.3) is 22.9 Å². The van der Waals surface area contributed by atoms with Gasteiger partial charge in [-0.25, -0.2) is 0 Å². The lowest BCUT2D eigenvalue weighted by molar-refractivity contribution is -0.405. The molecule has 0 heterocycles. The van der Waals surface area contributed by atoms with Crippen LogP contribution in [0.3, 0.4) is 0 Å². The van der Waals surface area contributed by atoms with Crippen LogP contribution in [0.2, 0.25) is 0 Å². The normalized spacial score (nSPS) is 11.0.